The second kappa shape index (κ2) is 8.85. The second-order valence-electron chi connectivity index (χ2n) is 7.89. The van der Waals surface area contributed by atoms with Gasteiger partial charge in [0.15, 0.2) is 0 Å². The average Bonchev–Trinajstić information content (AvgIpc) is 2.76. The lowest BCUT2D eigenvalue weighted by Gasteiger charge is -2.45. The van der Waals surface area contributed by atoms with Gasteiger partial charge in [-0.15, -0.1) is 0 Å². The molecule has 0 bridgehead atoms. The first-order valence-corrected chi connectivity index (χ1v) is 10.8. The Hall–Kier alpha value is -2.64. The number of carbonyl (C=O) groups is 1. The number of nitrogens with one attached hydrogen (secondary N) is 1. The van der Waals surface area contributed by atoms with E-state index in [1.807, 2.05) is 0 Å². The summed E-state index contributed by atoms with van der Waals surface area (Å²) in [5.74, 6) is -0.152. The number of likely N-dealkylation sites (tertiary alicyclic amines) is 1. The average molecular weight is 446 g/mol. The van der Waals surface area contributed by atoms with Gasteiger partial charge in [-0.2, -0.15) is 0 Å². The van der Waals surface area contributed by atoms with Crippen LogP contribution in [0.15, 0.2) is 47.5 Å². The third-order valence-corrected chi connectivity index (χ3v) is 6.08. The van der Waals surface area contributed by atoms with E-state index in [0.717, 1.165) is 11.3 Å². The van der Waals surface area contributed by atoms with Gasteiger partial charge in [0.1, 0.15) is 17.2 Å². The molecule has 2 aromatic rings. The summed E-state index contributed by atoms with van der Waals surface area (Å²) in [6, 6.07) is 11.0. The topological polar surface area (TPSA) is 74.2 Å². The number of hydrogen-bond acceptors (Lipinski definition) is 5. The second-order valence-corrected chi connectivity index (χ2v) is 8.32. The molecule has 0 aromatic heterocycles. The van der Waals surface area contributed by atoms with E-state index in [1.165, 1.54) is 12.1 Å². The molecule has 8 heteroatoms. The number of aliphatic imine (C=N–C) groups is 1. The zero-order valence-electron chi connectivity index (χ0n) is 17.3. The highest BCUT2D eigenvalue weighted by Crippen LogP contribution is 2.38. The standard InChI is InChI=1S/C23H25ClFN3O3/c1-2-31-22(30)28-11-9-23(10-12-28)26-19(15-3-6-17(25)7-4-15)14-20(27-23)18-13-16(24)5-8-21(18)29/h3-8,13,20,27,29H,2,9-12,14H2,1H3/t20-/m0/s1. The van der Waals surface area contributed by atoms with Gasteiger partial charge in [0.25, 0.3) is 0 Å². The fraction of sp³-hybridized carbons (Fsp3) is 0.391. The number of ether oxygens (including phenoxy) is 1. The quantitative estimate of drug-likeness (QED) is 0.720. The molecule has 6 nitrogen and oxygen atoms in total. The lowest BCUT2D eigenvalue weighted by atomic mass is 9.87. The van der Waals surface area contributed by atoms with Gasteiger partial charge in [0.2, 0.25) is 0 Å². The van der Waals surface area contributed by atoms with E-state index < -0.39 is 5.66 Å². The predicted molar refractivity (Wildman–Crippen MR) is 117 cm³/mol. The van der Waals surface area contributed by atoms with Crippen molar-refractivity contribution in [2.24, 2.45) is 4.99 Å². The fourth-order valence-electron chi connectivity index (χ4n) is 4.25. The number of hydrogen-bond donors (Lipinski definition) is 2. The summed E-state index contributed by atoms with van der Waals surface area (Å²) in [6.45, 7) is 3.12. The normalized spacial score (nSPS) is 20.4. The Morgan fingerprint density at radius 1 is 1.29 bits per heavy atom. The number of phenols is 1. The summed E-state index contributed by atoms with van der Waals surface area (Å²) in [5.41, 5.74) is 1.74. The molecule has 4 rings (SSSR count). The third-order valence-electron chi connectivity index (χ3n) is 5.85. The molecule has 1 fully saturated rings. The molecule has 0 unspecified atom stereocenters. The Balaban J connectivity index is 1.66. The van der Waals surface area contributed by atoms with Crippen molar-refractivity contribution in [3.05, 3.63) is 64.4 Å². The van der Waals surface area contributed by atoms with Crippen molar-refractivity contribution in [3.8, 4) is 5.75 Å². The molecule has 2 aromatic carbocycles. The summed E-state index contributed by atoms with van der Waals surface area (Å²) in [7, 11) is 0. The number of aromatic hydroxyl groups is 1. The molecular weight excluding hydrogens is 421 g/mol. The van der Waals surface area contributed by atoms with Crippen molar-refractivity contribution in [2.45, 2.75) is 37.9 Å². The number of piperidine rings is 1. The van der Waals surface area contributed by atoms with Crippen LogP contribution < -0.4 is 5.32 Å². The molecule has 2 heterocycles. The number of nitrogens with zero attached hydrogens (tertiary/aromatic N) is 2. The van der Waals surface area contributed by atoms with E-state index in [9.17, 15) is 14.3 Å². The monoisotopic (exact) mass is 445 g/mol. The lowest BCUT2D eigenvalue weighted by Crippen LogP contribution is -2.56. The maximum absolute atomic E-state index is 13.5. The number of amides is 1. The fourth-order valence-corrected chi connectivity index (χ4v) is 4.43. The molecule has 0 saturated carbocycles. The number of carbonyl (C=O) groups excluding carboxylic acids is 1. The first-order chi connectivity index (χ1) is 14.9. The van der Waals surface area contributed by atoms with Gasteiger partial charge in [0.05, 0.1) is 6.61 Å². The van der Waals surface area contributed by atoms with Crippen LogP contribution >= 0.6 is 11.6 Å². The van der Waals surface area contributed by atoms with Crippen LogP contribution in [0, 0.1) is 5.82 Å². The van der Waals surface area contributed by atoms with E-state index in [-0.39, 0.29) is 23.7 Å². The summed E-state index contributed by atoms with van der Waals surface area (Å²) in [5, 5.41) is 14.6. The van der Waals surface area contributed by atoms with Crippen LogP contribution in [0.25, 0.3) is 0 Å². The van der Waals surface area contributed by atoms with Crippen molar-refractivity contribution < 1.29 is 19.0 Å². The molecular formula is C23H25ClFN3O3. The first kappa shape index (κ1) is 21.6. The molecule has 2 aliphatic heterocycles. The van der Waals surface area contributed by atoms with Crippen LogP contribution in [0.5, 0.6) is 5.75 Å². The van der Waals surface area contributed by atoms with Crippen LogP contribution in [0.2, 0.25) is 5.02 Å². The lowest BCUT2D eigenvalue weighted by molar-refractivity contribution is 0.0778. The van der Waals surface area contributed by atoms with E-state index in [0.29, 0.717) is 49.5 Å². The molecule has 1 amide bonds. The van der Waals surface area contributed by atoms with Gasteiger partial charge in [-0.25, -0.2) is 9.18 Å². The summed E-state index contributed by atoms with van der Waals surface area (Å²) >= 11 is 6.20. The van der Waals surface area contributed by atoms with Gasteiger partial charge in [-0.1, -0.05) is 23.7 Å². The van der Waals surface area contributed by atoms with Gasteiger partial charge >= 0.3 is 6.09 Å². The van der Waals surface area contributed by atoms with Crippen molar-refractivity contribution in [1.82, 2.24) is 10.2 Å². The molecule has 1 atom stereocenters. The zero-order chi connectivity index (χ0) is 22.0. The van der Waals surface area contributed by atoms with Crippen LogP contribution in [0.3, 0.4) is 0 Å². The molecule has 31 heavy (non-hydrogen) atoms. The van der Waals surface area contributed by atoms with Gasteiger partial charge in [0, 0.05) is 54.7 Å². The number of halogens is 2. The van der Waals surface area contributed by atoms with Crippen LogP contribution in [0.4, 0.5) is 9.18 Å². The largest absolute Gasteiger partial charge is 0.508 e. The summed E-state index contributed by atoms with van der Waals surface area (Å²) in [6.07, 6.45) is 1.38. The maximum Gasteiger partial charge on any atom is 0.409 e. The summed E-state index contributed by atoms with van der Waals surface area (Å²) < 4.78 is 18.6. The number of phenolic OH excluding ortho intramolecular Hbond substituents is 1. The first-order valence-electron chi connectivity index (χ1n) is 10.4. The highest BCUT2D eigenvalue weighted by Gasteiger charge is 2.41. The van der Waals surface area contributed by atoms with Crippen molar-refractivity contribution >= 4 is 23.4 Å². The Labute approximate surface area is 185 Å². The highest BCUT2D eigenvalue weighted by atomic mass is 35.5. The number of benzene rings is 2. The van der Waals surface area contributed by atoms with E-state index in [4.69, 9.17) is 21.3 Å². The SMILES string of the molecule is CCOC(=O)N1CCC2(CC1)N=C(c1ccc(F)cc1)C[C@@H](c1cc(Cl)ccc1O)N2. The molecule has 1 saturated heterocycles. The van der Waals surface area contributed by atoms with Crippen LogP contribution in [-0.2, 0) is 4.74 Å². The number of rotatable bonds is 3. The maximum atomic E-state index is 13.5. The van der Waals surface area contributed by atoms with Gasteiger partial charge in [-0.05, 0) is 42.8 Å². The summed E-state index contributed by atoms with van der Waals surface area (Å²) in [4.78, 5) is 18.8. The minimum Gasteiger partial charge on any atom is -0.508 e. The minimum atomic E-state index is -0.607. The van der Waals surface area contributed by atoms with E-state index in [1.54, 1.807) is 42.2 Å². The van der Waals surface area contributed by atoms with Crippen molar-refractivity contribution in [3.63, 3.8) is 0 Å². The molecule has 1 spiro atoms. The third kappa shape index (κ3) is 4.67. The molecule has 164 valence electrons. The zero-order valence-corrected chi connectivity index (χ0v) is 18.0. The minimum absolute atomic E-state index is 0.154. The Bertz CT molecular complexity index is 988. The van der Waals surface area contributed by atoms with E-state index >= 15 is 0 Å². The smallest absolute Gasteiger partial charge is 0.409 e. The Morgan fingerprint density at radius 2 is 2.00 bits per heavy atom. The van der Waals surface area contributed by atoms with Crippen molar-refractivity contribution in [2.75, 3.05) is 19.7 Å². The molecule has 0 radical (unpaired) electrons. The van der Waals surface area contributed by atoms with Gasteiger partial charge < -0.3 is 14.7 Å². The van der Waals surface area contributed by atoms with Crippen LogP contribution in [-0.4, -0.2) is 47.2 Å². The van der Waals surface area contributed by atoms with E-state index in [2.05, 4.69) is 5.32 Å². The highest BCUT2D eigenvalue weighted by molar-refractivity contribution is 6.30. The van der Waals surface area contributed by atoms with Crippen molar-refractivity contribution in [1.29, 1.82) is 0 Å². The molecule has 2 N–H and O–H groups in total. The Kier molecular flexibility index (Phi) is 6.16. The predicted octanol–water partition coefficient (Wildman–Crippen LogP) is 4.66. The molecule has 0 aliphatic carbocycles. The van der Waals surface area contributed by atoms with Gasteiger partial charge in [-0.3, -0.25) is 10.3 Å². The molecule has 2 aliphatic rings. The Morgan fingerprint density at radius 3 is 2.68 bits per heavy atom. The van der Waals surface area contributed by atoms with Crippen LogP contribution in [0.1, 0.15) is 43.4 Å².